The van der Waals surface area contributed by atoms with E-state index in [0.717, 1.165) is 4.68 Å². The maximum Gasteiger partial charge on any atom is 0.387 e. The normalized spacial score (nSPS) is 11.2. The van der Waals surface area contributed by atoms with Crippen molar-refractivity contribution >= 4 is 18.4 Å². The lowest BCUT2D eigenvalue weighted by Crippen LogP contribution is -2.22. The zero-order chi connectivity index (χ0) is 17.0. The maximum atomic E-state index is 12.3. The third-order valence-corrected chi connectivity index (χ3v) is 3.00. The molecule has 7 nitrogen and oxygen atoms in total. The van der Waals surface area contributed by atoms with Gasteiger partial charge >= 0.3 is 6.61 Å². The van der Waals surface area contributed by atoms with Crippen molar-refractivity contribution < 1.29 is 18.3 Å². The van der Waals surface area contributed by atoms with Gasteiger partial charge in [-0.05, 0) is 42.9 Å². The molecule has 1 N–H and O–H groups in total. The smallest absolute Gasteiger partial charge is 0.387 e. The molecule has 0 aliphatic carbocycles. The Kier molecular flexibility index (Phi) is 5.16. The van der Waals surface area contributed by atoms with Crippen molar-refractivity contribution in [1.82, 2.24) is 14.9 Å². The average molecular weight is 342 g/mol. The van der Waals surface area contributed by atoms with Crippen molar-refractivity contribution in [2.24, 2.45) is 5.10 Å². The summed E-state index contributed by atoms with van der Waals surface area (Å²) < 4.78 is 34.8. The molecule has 2 rings (SSSR count). The van der Waals surface area contributed by atoms with E-state index in [1.165, 1.54) is 38.4 Å². The summed E-state index contributed by atoms with van der Waals surface area (Å²) in [5.74, 6) is 0.00605. The number of H-pyrrole nitrogens is 1. The standard InChI is InChI=1S/C13H12F2N4O3S/c1-7-11(20)19(13(23)18-17-7)16-6-8-3-4-9(22-12(14)15)10(5-8)21-2/h3-6,12H,1-2H3,(H,18,23). The van der Waals surface area contributed by atoms with Crippen LogP contribution in [0.3, 0.4) is 0 Å². The van der Waals surface area contributed by atoms with Crippen LogP contribution in [0.5, 0.6) is 11.5 Å². The predicted molar refractivity (Wildman–Crippen MR) is 81.0 cm³/mol. The molecule has 0 spiro atoms. The second-order valence-corrected chi connectivity index (χ2v) is 4.65. The number of ether oxygens (including phenoxy) is 2. The molecule has 0 saturated heterocycles. The Labute approximate surface area is 134 Å². The van der Waals surface area contributed by atoms with E-state index in [0.29, 0.717) is 5.56 Å². The van der Waals surface area contributed by atoms with Crippen LogP contribution in [-0.4, -0.2) is 34.8 Å². The molecule has 122 valence electrons. The Balaban J connectivity index is 2.36. The van der Waals surface area contributed by atoms with Crippen LogP contribution in [0.15, 0.2) is 28.1 Å². The highest BCUT2D eigenvalue weighted by molar-refractivity contribution is 7.71. The number of aryl methyl sites for hydroxylation is 1. The van der Waals surface area contributed by atoms with Gasteiger partial charge in [0, 0.05) is 0 Å². The lowest BCUT2D eigenvalue weighted by Gasteiger charge is -2.10. The molecular weight excluding hydrogens is 330 g/mol. The first-order valence-corrected chi connectivity index (χ1v) is 6.68. The molecule has 1 heterocycles. The van der Waals surface area contributed by atoms with E-state index >= 15 is 0 Å². The van der Waals surface area contributed by atoms with Crippen molar-refractivity contribution in [2.75, 3.05) is 7.11 Å². The summed E-state index contributed by atoms with van der Waals surface area (Å²) >= 11 is 4.93. The summed E-state index contributed by atoms with van der Waals surface area (Å²) in [5, 5.41) is 10.2. The third-order valence-electron chi connectivity index (χ3n) is 2.74. The molecule has 0 atom stereocenters. The predicted octanol–water partition coefficient (Wildman–Crippen LogP) is 2.10. The van der Waals surface area contributed by atoms with E-state index < -0.39 is 12.2 Å². The van der Waals surface area contributed by atoms with Gasteiger partial charge < -0.3 is 9.47 Å². The monoisotopic (exact) mass is 342 g/mol. The SMILES string of the molecule is COc1cc(C=Nn2c(=S)[nH]nc(C)c2=O)ccc1OC(F)F. The molecule has 0 aliphatic heterocycles. The minimum atomic E-state index is -2.96. The lowest BCUT2D eigenvalue weighted by atomic mass is 10.2. The third kappa shape index (κ3) is 3.97. The number of nitrogens with zero attached hydrogens (tertiary/aromatic N) is 3. The number of nitrogens with one attached hydrogen (secondary N) is 1. The van der Waals surface area contributed by atoms with Gasteiger partial charge in [-0.1, -0.05) is 0 Å². The van der Waals surface area contributed by atoms with Crippen LogP contribution in [0.4, 0.5) is 8.78 Å². The van der Waals surface area contributed by atoms with E-state index in [1.807, 2.05) is 0 Å². The second-order valence-electron chi connectivity index (χ2n) is 4.26. The fraction of sp³-hybridized carbons (Fsp3) is 0.231. The van der Waals surface area contributed by atoms with Gasteiger partial charge in [-0.2, -0.15) is 23.7 Å². The van der Waals surface area contributed by atoms with Crippen LogP contribution < -0.4 is 15.0 Å². The molecule has 0 fully saturated rings. The lowest BCUT2D eigenvalue weighted by molar-refractivity contribution is -0.0512. The van der Waals surface area contributed by atoms with E-state index in [9.17, 15) is 13.6 Å². The Morgan fingerprint density at radius 1 is 1.43 bits per heavy atom. The minimum absolute atomic E-state index is 0.0291. The summed E-state index contributed by atoms with van der Waals surface area (Å²) in [4.78, 5) is 11.9. The van der Waals surface area contributed by atoms with Crippen LogP contribution in [0, 0.1) is 11.7 Å². The van der Waals surface area contributed by atoms with Crippen LogP contribution in [0.1, 0.15) is 11.3 Å². The van der Waals surface area contributed by atoms with Gasteiger partial charge in [0.15, 0.2) is 11.5 Å². The first-order valence-electron chi connectivity index (χ1n) is 6.28. The number of methoxy groups -OCH3 is 1. The summed E-state index contributed by atoms with van der Waals surface area (Å²) in [7, 11) is 1.32. The molecular formula is C13H12F2N4O3S. The minimum Gasteiger partial charge on any atom is -0.493 e. The molecule has 1 aromatic heterocycles. The molecule has 23 heavy (non-hydrogen) atoms. The van der Waals surface area contributed by atoms with Crippen LogP contribution in [-0.2, 0) is 0 Å². The van der Waals surface area contributed by atoms with Gasteiger partial charge in [0.05, 0.1) is 13.3 Å². The number of aromatic nitrogens is 3. The fourth-order valence-corrected chi connectivity index (χ4v) is 1.84. The number of hydrogen-bond acceptors (Lipinski definition) is 6. The quantitative estimate of drug-likeness (QED) is 0.665. The molecule has 0 aliphatic rings. The average Bonchev–Trinajstić information content (AvgIpc) is 2.51. The Morgan fingerprint density at radius 2 is 2.17 bits per heavy atom. The molecule has 0 unspecified atom stereocenters. The molecule has 0 saturated carbocycles. The van der Waals surface area contributed by atoms with Crippen LogP contribution >= 0.6 is 12.2 Å². The summed E-state index contributed by atoms with van der Waals surface area (Å²) in [6.07, 6.45) is 1.33. The molecule has 1 aromatic carbocycles. The zero-order valence-corrected chi connectivity index (χ0v) is 12.9. The highest BCUT2D eigenvalue weighted by Gasteiger charge is 2.10. The van der Waals surface area contributed by atoms with Gasteiger partial charge in [-0.25, -0.2) is 0 Å². The Morgan fingerprint density at radius 3 is 2.83 bits per heavy atom. The van der Waals surface area contributed by atoms with Gasteiger partial charge in [0.2, 0.25) is 4.77 Å². The summed E-state index contributed by atoms with van der Waals surface area (Å²) in [6, 6.07) is 4.23. The topological polar surface area (TPSA) is 81.5 Å². The molecule has 0 amide bonds. The number of alkyl halides is 2. The fourth-order valence-electron chi connectivity index (χ4n) is 1.66. The van der Waals surface area contributed by atoms with Crippen molar-refractivity contribution in [3.05, 3.63) is 44.6 Å². The summed E-state index contributed by atoms with van der Waals surface area (Å²) in [5.41, 5.74) is 0.239. The van der Waals surface area contributed by atoms with Gasteiger partial charge in [-0.15, -0.1) is 0 Å². The molecule has 0 radical (unpaired) electrons. The zero-order valence-electron chi connectivity index (χ0n) is 12.1. The second kappa shape index (κ2) is 7.09. The van der Waals surface area contributed by atoms with E-state index in [-0.39, 0.29) is 22.0 Å². The number of rotatable bonds is 5. The van der Waals surface area contributed by atoms with Crippen molar-refractivity contribution in [3.8, 4) is 11.5 Å². The highest BCUT2D eigenvalue weighted by Crippen LogP contribution is 2.28. The number of aromatic amines is 1. The van der Waals surface area contributed by atoms with Crippen molar-refractivity contribution in [2.45, 2.75) is 13.5 Å². The molecule has 10 heteroatoms. The van der Waals surface area contributed by atoms with Gasteiger partial charge in [0.25, 0.3) is 5.56 Å². The first-order chi connectivity index (χ1) is 10.9. The summed E-state index contributed by atoms with van der Waals surface area (Å²) in [6.45, 7) is -1.45. The first kappa shape index (κ1) is 16.7. The Bertz CT molecular complexity index is 848. The van der Waals surface area contributed by atoms with Crippen LogP contribution in [0.25, 0.3) is 0 Å². The van der Waals surface area contributed by atoms with Crippen molar-refractivity contribution in [3.63, 3.8) is 0 Å². The van der Waals surface area contributed by atoms with Gasteiger partial charge in [0.1, 0.15) is 5.69 Å². The highest BCUT2D eigenvalue weighted by atomic mass is 32.1. The number of hydrogen-bond donors (Lipinski definition) is 1. The van der Waals surface area contributed by atoms with E-state index in [1.54, 1.807) is 0 Å². The van der Waals surface area contributed by atoms with E-state index in [4.69, 9.17) is 17.0 Å². The number of benzene rings is 1. The maximum absolute atomic E-state index is 12.3. The molecule has 2 aromatic rings. The largest absolute Gasteiger partial charge is 0.493 e. The number of halogens is 2. The van der Waals surface area contributed by atoms with Crippen LogP contribution in [0.2, 0.25) is 0 Å². The van der Waals surface area contributed by atoms with E-state index in [2.05, 4.69) is 20.0 Å². The Hall–Kier alpha value is -2.62. The van der Waals surface area contributed by atoms with Gasteiger partial charge in [-0.3, -0.25) is 9.89 Å². The van der Waals surface area contributed by atoms with Crippen molar-refractivity contribution in [1.29, 1.82) is 0 Å². The molecule has 0 bridgehead atoms.